The molecule has 0 aliphatic carbocycles. The number of aromatic nitrogens is 5. The van der Waals surface area contributed by atoms with Gasteiger partial charge in [0.05, 0.1) is 11.1 Å². The van der Waals surface area contributed by atoms with E-state index < -0.39 is 0 Å². The number of pyridine rings is 1. The number of nitrogens with zero attached hydrogens (tertiary/aromatic N) is 4. The Morgan fingerprint density at radius 1 is 1.29 bits per heavy atom. The Balaban J connectivity index is 1.75. The van der Waals surface area contributed by atoms with Gasteiger partial charge in [0, 0.05) is 18.6 Å². The Hall–Kier alpha value is -2.80. The van der Waals surface area contributed by atoms with Gasteiger partial charge in [-0.05, 0) is 48.6 Å². The molecular formula is C17H15N5OS. The standard InChI is InChI=1S/C17H15N5OS/c1-9-8-24-17-14(9)16(23)19-13(20-17)5-4-11-6-12-10(2)21-22(3)15(12)18-7-11/h4-8H,1-3H3,(H,19,20,23)/b5-4+. The lowest BCUT2D eigenvalue weighted by molar-refractivity contribution is 0.774. The average molecular weight is 337 g/mol. The summed E-state index contributed by atoms with van der Waals surface area (Å²) in [5.74, 6) is 0.539. The van der Waals surface area contributed by atoms with E-state index in [-0.39, 0.29) is 5.56 Å². The van der Waals surface area contributed by atoms with Crippen molar-refractivity contribution in [3.8, 4) is 0 Å². The molecule has 0 aliphatic rings. The van der Waals surface area contributed by atoms with Gasteiger partial charge in [-0.2, -0.15) is 5.10 Å². The third kappa shape index (κ3) is 2.33. The van der Waals surface area contributed by atoms with Crippen molar-refractivity contribution in [2.45, 2.75) is 13.8 Å². The van der Waals surface area contributed by atoms with Gasteiger partial charge < -0.3 is 4.98 Å². The SMILES string of the molecule is Cc1nn(C)c2ncc(/C=C/c3nc4scc(C)c4c(=O)[nH]3)cc12. The molecule has 0 saturated heterocycles. The highest BCUT2D eigenvalue weighted by atomic mass is 32.1. The number of aryl methyl sites for hydroxylation is 3. The molecule has 4 rings (SSSR count). The molecule has 0 unspecified atom stereocenters. The minimum absolute atomic E-state index is 0.102. The van der Waals surface area contributed by atoms with Gasteiger partial charge >= 0.3 is 0 Å². The van der Waals surface area contributed by atoms with Crippen LogP contribution in [0.2, 0.25) is 0 Å². The summed E-state index contributed by atoms with van der Waals surface area (Å²) >= 11 is 1.48. The molecule has 7 heteroatoms. The van der Waals surface area contributed by atoms with Crippen LogP contribution in [0.25, 0.3) is 33.4 Å². The van der Waals surface area contributed by atoms with Gasteiger partial charge in [-0.25, -0.2) is 9.97 Å². The third-order valence-electron chi connectivity index (χ3n) is 3.96. The third-order valence-corrected chi connectivity index (χ3v) is 4.95. The van der Waals surface area contributed by atoms with Crippen molar-refractivity contribution in [2.24, 2.45) is 7.05 Å². The predicted molar refractivity (Wildman–Crippen MR) is 97.2 cm³/mol. The average Bonchev–Trinajstić information content (AvgIpc) is 3.06. The van der Waals surface area contributed by atoms with E-state index in [1.807, 2.05) is 38.4 Å². The van der Waals surface area contributed by atoms with Crippen LogP contribution in [0.1, 0.15) is 22.6 Å². The van der Waals surface area contributed by atoms with Crippen molar-refractivity contribution in [2.75, 3.05) is 0 Å². The number of H-pyrrole nitrogens is 1. The fourth-order valence-electron chi connectivity index (χ4n) is 2.77. The summed E-state index contributed by atoms with van der Waals surface area (Å²) in [5.41, 5.74) is 3.59. The van der Waals surface area contributed by atoms with Crippen molar-refractivity contribution < 1.29 is 0 Å². The summed E-state index contributed by atoms with van der Waals surface area (Å²) in [5, 5.41) is 8.01. The zero-order chi connectivity index (χ0) is 16.8. The molecule has 0 aromatic carbocycles. The van der Waals surface area contributed by atoms with Crippen LogP contribution in [0, 0.1) is 13.8 Å². The van der Waals surface area contributed by atoms with Gasteiger partial charge in [0.15, 0.2) is 5.65 Å². The van der Waals surface area contributed by atoms with Gasteiger partial charge in [0.2, 0.25) is 0 Å². The van der Waals surface area contributed by atoms with Crippen LogP contribution in [0.5, 0.6) is 0 Å². The zero-order valence-corrected chi connectivity index (χ0v) is 14.3. The normalized spacial score (nSPS) is 12.0. The predicted octanol–water partition coefficient (Wildman–Crippen LogP) is 3.05. The zero-order valence-electron chi connectivity index (χ0n) is 13.5. The van der Waals surface area contributed by atoms with E-state index in [9.17, 15) is 4.79 Å². The van der Waals surface area contributed by atoms with Gasteiger partial charge in [-0.3, -0.25) is 9.48 Å². The topological polar surface area (TPSA) is 76.5 Å². The van der Waals surface area contributed by atoms with E-state index in [0.29, 0.717) is 11.2 Å². The van der Waals surface area contributed by atoms with E-state index in [4.69, 9.17) is 0 Å². The van der Waals surface area contributed by atoms with Crippen molar-refractivity contribution in [1.29, 1.82) is 0 Å². The van der Waals surface area contributed by atoms with Crippen molar-refractivity contribution in [3.63, 3.8) is 0 Å². The number of aromatic amines is 1. The molecule has 24 heavy (non-hydrogen) atoms. The molecule has 4 aromatic rings. The van der Waals surface area contributed by atoms with Crippen LogP contribution in [0.3, 0.4) is 0 Å². The lowest BCUT2D eigenvalue weighted by Gasteiger charge is -1.97. The van der Waals surface area contributed by atoms with Gasteiger partial charge in [0.25, 0.3) is 5.56 Å². The summed E-state index contributed by atoms with van der Waals surface area (Å²) in [4.78, 5) is 24.7. The Morgan fingerprint density at radius 3 is 2.96 bits per heavy atom. The Labute approximate surface area is 141 Å². The highest BCUT2D eigenvalue weighted by Crippen LogP contribution is 2.21. The first kappa shape index (κ1) is 14.8. The van der Waals surface area contributed by atoms with Crippen LogP contribution in [0.15, 0.2) is 22.4 Å². The summed E-state index contributed by atoms with van der Waals surface area (Å²) < 4.78 is 1.77. The molecule has 0 saturated carbocycles. The molecule has 0 aliphatic heterocycles. The molecule has 1 N–H and O–H groups in total. The van der Waals surface area contributed by atoms with Crippen LogP contribution in [-0.2, 0) is 7.05 Å². The van der Waals surface area contributed by atoms with Crippen LogP contribution >= 0.6 is 11.3 Å². The van der Waals surface area contributed by atoms with Crippen molar-refractivity contribution in [1.82, 2.24) is 24.7 Å². The monoisotopic (exact) mass is 337 g/mol. The minimum atomic E-state index is -0.102. The first-order valence-corrected chi connectivity index (χ1v) is 8.36. The fourth-order valence-corrected chi connectivity index (χ4v) is 3.70. The summed E-state index contributed by atoms with van der Waals surface area (Å²) in [6.45, 7) is 3.88. The summed E-state index contributed by atoms with van der Waals surface area (Å²) in [6.07, 6.45) is 5.47. The molecule has 0 fully saturated rings. The van der Waals surface area contributed by atoms with Crippen LogP contribution in [0.4, 0.5) is 0 Å². The molecule has 0 atom stereocenters. The minimum Gasteiger partial charge on any atom is -0.306 e. The number of hydrogen-bond donors (Lipinski definition) is 1. The van der Waals surface area contributed by atoms with E-state index in [1.54, 1.807) is 17.0 Å². The van der Waals surface area contributed by atoms with E-state index in [2.05, 4.69) is 20.1 Å². The van der Waals surface area contributed by atoms with Gasteiger partial charge in [-0.1, -0.05) is 0 Å². The number of thiophene rings is 1. The lowest BCUT2D eigenvalue weighted by Crippen LogP contribution is -2.08. The summed E-state index contributed by atoms with van der Waals surface area (Å²) in [6, 6.07) is 2.03. The van der Waals surface area contributed by atoms with E-state index in [1.165, 1.54) is 11.3 Å². The second-order valence-corrected chi connectivity index (χ2v) is 6.59. The van der Waals surface area contributed by atoms with E-state index >= 15 is 0 Å². The fraction of sp³-hybridized carbons (Fsp3) is 0.176. The quantitative estimate of drug-likeness (QED) is 0.610. The molecule has 0 amide bonds. The second kappa shape index (κ2) is 5.38. The highest BCUT2D eigenvalue weighted by molar-refractivity contribution is 7.16. The molecular weight excluding hydrogens is 322 g/mol. The molecule has 0 bridgehead atoms. The Morgan fingerprint density at radius 2 is 2.12 bits per heavy atom. The molecule has 4 aromatic heterocycles. The molecule has 0 spiro atoms. The number of nitrogens with one attached hydrogen (secondary N) is 1. The maximum absolute atomic E-state index is 12.2. The first-order valence-electron chi connectivity index (χ1n) is 7.48. The smallest absolute Gasteiger partial charge is 0.260 e. The largest absolute Gasteiger partial charge is 0.306 e. The first-order chi connectivity index (χ1) is 11.5. The highest BCUT2D eigenvalue weighted by Gasteiger charge is 2.08. The second-order valence-electron chi connectivity index (χ2n) is 5.73. The molecule has 0 radical (unpaired) electrons. The van der Waals surface area contributed by atoms with Crippen molar-refractivity contribution >= 4 is 44.7 Å². The lowest BCUT2D eigenvalue weighted by atomic mass is 10.2. The van der Waals surface area contributed by atoms with E-state index in [0.717, 1.165) is 32.7 Å². The van der Waals surface area contributed by atoms with Crippen molar-refractivity contribution in [3.05, 3.63) is 50.6 Å². The number of fused-ring (bicyclic) bond motifs is 2. The number of hydrogen-bond acceptors (Lipinski definition) is 5. The van der Waals surface area contributed by atoms with Gasteiger partial charge in [-0.15, -0.1) is 11.3 Å². The maximum atomic E-state index is 12.2. The Kier molecular flexibility index (Phi) is 3.31. The molecule has 120 valence electrons. The molecule has 6 nitrogen and oxygen atoms in total. The number of rotatable bonds is 2. The summed E-state index contributed by atoms with van der Waals surface area (Å²) in [7, 11) is 1.88. The van der Waals surface area contributed by atoms with Gasteiger partial charge in [0.1, 0.15) is 10.7 Å². The van der Waals surface area contributed by atoms with Crippen LogP contribution < -0.4 is 5.56 Å². The molecule has 4 heterocycles. The Bertz CT molecular complexity index is 1170. The maximum Gasteiger partial charge on any atom is 0.260 e. The van der Waals surface area contributed by atoms with Crippen LogP contribution in [-0.4, -0.2) is 24.7 Å².